The second-order valence-corrected chi connectivity index (χ2v) is 9.19. The van der Waals surface area contributed by atoms with E-state index in [9.17, 15) is 0 Å². The summed E-state index contributed by atoms with van der Waals surface area (Å²) in [6.45, 7) is 8.39. The summed E-state index contributed by atoms with van der Waals surface area (Å²) in [4.78, 5) is 9.21. The maximum atomic E-state index is 5.81. The van der Waals surface area contributed by atoms with Gasteiger partial charge in [0.1, 0.15) is 0 Å². The first-order chi connectivity index (χ1) is 15.4. The van der Waals surface area contributed by atoms with E-state index in [1.165, 1.54) is 28.2 Å². The van der Waals surface area contributed by atoms with Crippen molar-refractivity contribution in [3.05, 3.63) is 82.9 Å². The van der Waals surface area contributed by atoms with E-state index in [2.05, 4.69) is 95.9 Å². The molecule has 168 valence electrons. The number of pyridine rings is 1. The van der Waals surface area contributed by atoms with Gasteiger partial charge >= 0.3 is 0 Å². The van der Waals surface area contributed by atoms with E-state index in [-0.39, 0.29) is 12.1 Å². The Balaban J connectivity index is 1.78. The highest BCUT2D eigenvalue weighted by Crippen LogP contribution is 2.41. The van der Waals surface area contributed by atoms with Crippen LogP contribution in [0.3, 0.4) is 0 Å². The molecule has 5 nitrogen and oxygen atoms in total. The zero-order valence-corrected chi connectivity index (χ0v) is 20.5. The van der Waals surface area contributed by atoms with Crippen molar-refractivity contribution in [2.45, 2.75) is 39.3 Å². The number of benzene rings is 1. The average Bonchev–Trinajstić information content (AvgIpc) is 3.27. The second-order valence-electron chi connectivity index (χ2n) is 8.81. The van der Waals surface area contributed by atoms with Gasteiger partial charge in [-0.1, -0.05) is 25.1 Å². The fourth-order valence-electron chi connectivity index (χ4n) is 4.66. The van der Waals surface area contributed by atoms with Crippen LogP contribution in [0.25, 0.3) is 5.69 Å². The molecule has 0 amide bonds. The molecule has 1 aliphatic heterocycles. The predicted octanol–water partition coefficient (Wildman–Crippen LogP) is 4.59. The Morgan fingerprint density at radius 2 is 1.84 bits per heavy atom. The van der Waals surface area contributed by atoms with Gasteiger partial charge in [-0.2, -0.15) is 0 Å². The topological polar surface area (TPSA) is 36.3 Å². The highest BCUT2D eigenvalue weighted by molar-refractivity contribution is 7.80. The Morgan fingerprint density at radius 3 is 2.47 bits per heavy atom. The van der Waals surface area contributed by atoms with E-state index in [1.54, 1.807) is 0 Å². The van der Waals surface area contributed by atoms with E-state index in [0.29, 0.717) is 0 Å². The van der Waals surface area contributed by atoms with Gasteiger partial charge in [-0.3, -0.25) is 4.98 Å². The summed E-state index contributed by atoms with van der Waals surface area (Å²) in [5, 5.41) is 4.37. The van der Waals surface area contributed by atoms with Crippen LogP contribution in [-0.4, -0.2) is 51.6 Å². The molecule has 2 atom stereocenters. The molecule has 0 bridgehead atoms. The molecule has 32 heavy (non-hydrogen) atoms. The molecule has 1 N–H and O–H groups in total. The minimum absolute atomic E-state index is 0.0160. The van der Waals surface area contributed by atoms with Gasteiger partial charge in [0.2, 0.25) is 0 Å². The Hall–Kier alpha value is -2.70. The van der Waals surface area contributed by atoms with Crippen LogP contribution in [0.2, 0.25) is 0 Å². The van der Waals surface area contributed by atoms with Crippen molar-refractivity contribution in [1.29, 1.82) is 0 Å². The van der Waals surface area contributed by atoms with E-state index >= 15 is 0 Å². The Kier molecular flexibility index (Phi) is 6.63. The Morgan fingerprint density at radius 1 is 1.09 bits per heavy atom. The molecule has 2 aromatic heterocycles. The zero-order chi connectivity index (χ0) is 22.8. The third kappa shape index (κ3) is 4.30. The number of nitrogens with one attached hydrogen (secondary N) is 1. The lowest BCUT2D eigenvalue weighted by Gasteiger charge is -2.29. The van der Waals surface area contributed by atoms with E-state index in [4.69, 9.17) is 12.2 Å². The van der Waals surface area contributed by atoms with Gasteiger partial charge in [-0.05, 0) is 88.0 Å². The van der Waals surface area contributed by atoms with Crippen LogP contribution >= 0.6 is 12.2 Å². The van der Waals surface area contributed by atoms with Crippen molar-refractivity contribution < 1.29 is 0 Å². The van der Waals surface area contributed by atoms with Gasteiger partial charge in [0, 0.05) is 36.4 Å². The summed E-state index contributed by atoms with van der Waals surface area (Å²) in [6.07, 6.45) is 2.91. The highest BCUT2D eigenvalue weighted by Gasteiger charge is 2.41. The van der Waals surface area contributed by atoms with Crippen molar-refractivity contribution in [2.75, 3.05) is 27.2 Å². The van der Waals surface area contributed by atoms with Crippen LogP contribution in [0, 0.1) is 13.8 Å². The first-order valence-electron chi connectivity index (χ1n) is 11.3. The molecule has 3 heterocycles. The number of aromatic nitrogens is 2. The zero-order valence-electron chi connectivity index (χ0n) is 19.7. The average molecular weight is 448 g/mol. The number of hydrogen-bond acceptors (Lipinski definition) is 3. The van der Waals surface area contributed by atoms with Gasteiger partial charge < -0.3 is 19.7 Å². The van der Waals surface area contributed by atoms with Crippen LogP contribution < -0.4 is 5.32 Å². The van der Waals surface area contributed by atoms with Gasteiger partial charge in [0.25, 0.3) is 0 Å². The molecule has 0 unspecified atom stereocenters. The molecule has 0 aliphatic carbocycles. The summed E-state index contributed by atoms with van der Waals surface area (Å²) in [5.41, 5.74) is 7.34. The Bertz CT molecular complexity index is 1070. The lowest BCUT2D eigenvalue weighted by Crippen LogP contribution is -2.35. The summed E-state index contributed by atoms with van der Waals surface area (Å²) < 4.78 is 2.36. The third-order valence-electron chi connectivity index (χ3n) is 6.38. The smallest absolute Gasteiger partial charge is 0.170 e. The number of nitrogens with zero attached hydrogens (tertiary/aromatic N) is 4. The fourth-order valence-corrected chi connectivity index (χ4v) is 4.99. The molecule has 6 heteroatoms. The fraction of sp³-hybridized carbons (Fsp3) is 0.385. The highest BCUT2D eigenvalue weighted by atomic mass is 32.1. The van der Waals surface area contributed by atoms with Crippen LogP contribution in [0.1, 0.15) is 47.2 Å². The maximum Gasteiger partial charge on any atom is 0.170 e. The molecular weight excluding hydrogens is 414 g/mol. The third-order valence-corrected chi connectivity index (χ3v) is 6.73. The molecular formula is C26H33N5S. The van der Waals surface area contributed by atoms with E-state index in [1.807, 2.05) is 18.3 Å². The summed E-state index contributed by atoms with van der Waals surface area (Å²) >= 11 is 5.81. The minimum Gasteiger partial charge on any atom is -0.352 e. The molecule has 1 fully saturated rings. The van der Waals surface area contributed by atoms with Crippen molar-refractivity contribution in [1.82, 2.24) is 24.7 Å². The van der Waals surface area contributed by atoms with Crippen LogP contribution in [-0.2, 0) is 6.42 Å². The lowest BCUT2D eigenvalue weighted by atomic mass is 9.96. The van der Waals surface area contributed by atoms with Crippen LogP contribution in [0.4, 0.5) is 0 Å². The molecule has 1 aromatic carbocycles. The summed E-state index contributed by atoms with van der Waals surface area (Å²) in [5.74, 6) is 0. The van der Waals surface area contributed by atoms with Crippen molar-refractivity contribution >= 4 is 17.3 Å². The minimum atomic E-state index is 0.0160. The Labute approximate surface area is 197 Å². The SMILES string of the molecule is CCc1ccc(-n2c(C)cc([C@H]3[C@@H](c4ccccn4)NC(=S)N3CCN(C)C)c2C)cc1. The molecule has 4 rings (SSSR count). The largest absolute Gasteiger partial charge is 0.352 e. The van der Waals surface area contributed by atoms with E-state index < -0.39 is 0 Å². The summed E-state index contributed by atoms with van der Waals surface area (Å²) in [7, 11) is 4.20. The van der Waals surface area contributed by atoms with Gasteiger partial charge in [0.05, 0.1) is 17.8 Å². The number of thiocarbonyl (C=S) groups is 1. The monoisotopic (exact) mass is 447 g/mol. The molecule has 0 spiro atoms. The molecule has 1 saturated heterocycles. The van der Waals surface area contributed by atoms with Crippen molar-refractivity contribution in [2.24, 2.45) is 0 Å². The van der Waals surface area contributed by atoms with Gasteiger partial charge in [-0.25, -0.2) is 0 Å². The molecule has 0 saturated carbocycles. The normalized spacial score (nSPS) is 18.4. The standard InChI is InChI=1S/C26H33N5S/c1-6-20-10-12-21(13-11-20)31-18(2)17-22(19(31)3)25-24(23-9-7-8-14-27-23)28-26(32)30(25)16-15-29(4)5/h7-14,17,24-25H,6,15-16H2,1-5H3,(H,28,32)/t24-,25+/m1/s1. The molecule has 1 aliphatic rings. The first kappa shape index (κ1) is 22.5. The number of likely N-dealkylation sites (N-methyl/N-ethyl adjacent to an activating group) is 1. The van der Waals surface area contributed by atoms with E-state index in [0.717, 1.165) is 30.3 Å². The van der Waals surface area contributed by atoms with Crippen molar-refractivity contribution in [3.63, 3.8) is 0 Å². The predicted molar refractivity (Wildman–Crippen MR) is 135 cm³/mol. The quantitative estimate of drug-likeness (QED) is 0.536. The van der Waals surface area contributed by atoms with Crippen LogP contribution in [0.5, 0.6) is 0 Å². The number of aryl methyl sites for hydroxylation is 2. The summed E-state index contributed by atoms with van der Waals surface area (Å²) in [6, 6.07) is 17.4. The number of hydrogen-bond donors (Lipinski definition) is 1. The molecule has 0 radical (unpaired) electrons. The van der Waals surface area contributed by atoms with Gasteiger partial charge in [-0.15, -0.1) is 0 Å². The number of rotatable bonds is 7. The van der Waals surface area contributed by atoms with Crippen molar-refractivity contribution in [3.8, 4) is 5.69 Å². The first-order valence-corrected chi connectivity index (χ1v) is 11.7. The molecule has 3 aromatic rings. The maximum absolute atomic E-state index is 5.81. The van der Waals surface area contributed by atoms with Gasteiger partial charge in [0.15, 0.2) is 5.11 Å². The van der Waals surface area contributed by atoms with Crippen LogP contribution in [0.15, 0.2) is 54.7 Å². The second kappa shape index (κ2) is 9.43. The lowest BCUT2D eigenvalue weighted by molar-refractivity contribution is 0.277.